The smallest absolute Gasteiger partial charge is 0.00204 e. The highest BCUT2D eigenvalue weighted by Crippen LogP contribution is 2.30. The van der Waals surface area contributed by atoms with E-state index in [2.05, 4.69) is 26.1 Å². The summed E-state index contributed by atoms with van der Waals surface area (Å²) in [6, 6.07) is 0. The second-order valence-electron chi connectivity index (χ2n) is 5.85. The van der Waals surface area contributed by atoms with E-state index in [9.17, 15) is 0 Å². The summed E-state index contributed by atoms with van der Waals surface area (Å²) in [6.45, 7) is 9.48. The molecule has 1 aliphatic rings. The fourth-order valence-electron chi connectivity index (χ4n) is 2.97. The van der Waals surface area contributed by atoms with Crippen molar-refractivity contribution >= 4 is 0 Å². The molecule has 1 fully saturated rings. The lowest BCUT2D eigenvalue weighted by atomic mass is 9.81. The normalized spacial score (nSPS) is 27.9. The number of nitrogens with one attached hydrogen (secondary N) is 1. The molecule has 0 aromatic carbocycles. The Kier molecular flexibility index (Phi) is 7.11. The Morgan fingerprint density at radius 2 is 1.69 bits per heavy atom. The van der Waals surface area contributed by atoms with Crippen LogP contribution in [0.2, 0.25) is 0 Å². The van der Waals surface area contributed by atoms with Crippen LogP contribution in [0.25, 0.3) is 0 Å². The molecule has 0 amide bonds. The van der Waals surface area contributed by atoms with E-state index < -0.39 is 0 Å². The van der Waals surface area contributed by atoms with Crippen molar-refractivity contribution in [2.45, 2.75) is 65.7 Å². The quantitative estimate of drug-likeness (QED) is 0.684. The SMILES string of the molecule is CCCC(C)CNCC1CCC(CC)CC1. The van der Waals surface area contributed by atoms with E-state index in [1.165, 1.54) is 58.0 Å². The average Bonchev–Trinajstić information content (AvgIpc) is 2.30. The highest BCUT2D eigenvalue weighted by Gasteiger charge is 2.19. The van der Waals surface area contributed by atoms with Crippen LogP contribution in [0, 0.1) is 17.8 Å². The largest absolute Gasteiger partial charge is 0.316 e. The van der Waals surface area contributed by atoms with E-state index in [-0.39, 0.29) is 0 Å². The molecule has 0 saturated heterocycles. The third-order valence-electron chi connectivity index (χ3n) is 4.25. The molecule has 96 valence electrons. The second-order valence-corrected chi connectivity index (χ2v) is 5.85. The van der Waals surface area contributed by atoms with E-state index in [1.54, 1.807) is 0 Å². The Bertz CT molecular complexity index is 159. The molecule has 1 saturated carbocycles. The van der Waals surface area contributed by atoms with Crippen molar-refractivity contribution in [2.24, 2.45) is 17.8 Å². The van der Waals surface area contributed by atoms with Gasteiger partial charge in [0.25, 0.3) is 0 Å². The molecule has 0 spiro atoms. The summed E-state index contributed by atoms with van der Waals surface area (Å²) in [5.41, 5.74) is 0. The van der Waals surface area contributed by atoms with Crippen LogP contribution >= 0.6 is 0 Å². The predicted molar refractivity (Wildman–Crippen MR) is 72.7 cm³/mol. The molecular formula is C15H31N. The topological polar surface area (TPSA) is 12.0 Å². The minimum atomic E-state index is 0.858. The first-order valence-corrected chi connectivity index (χ1v) is 7.46. The standard InChI is InChI=1S/C15H31N/c1-4-6-13(3)11-16-12-15-9-7-14(5-2)8-10-15/h13-16H,4-12H2,1-3H3. The van der Waals surface area contributed by atoms with Gasteiger partial charge in [-0.25, -0.2) is 0 Å². The average molecular weight is 225 g/mol. The van der Waals surface area contributed by atoms with Gasteiger partial charge in [-0.05, 0) is 50.1 Å². The van der Waals surface area contributed by atoms with Crippen LogP contribution in [0.15, 0.2) is 0 Å². The molecule has 16 heavy (non-hydrogen) atoms. The third kappa shape index (κ3) is 5.34. The van der Waals surface area contributed by atoms with Gasteiger partial charge in [0.2, 0.25) is 0 Å². The van der Waals surface area contributed by atoms with Gasteiger partial charge < -0.3 is 5.32 Å². The fraction of sp³-hybridized carbons (Fsp3) is 1.00. The lowest BCUT2D eigenvalue weighted by Crippen LogP contribution is -2.29. The third-order valence-corrected chi connectivity index (χ3v) is 4.25. The maximum absolute atomic E-state index is 3.67. The summed E-state index contributed by atoms with van der Waals surface area (Å²) >= 11 is 0. The molecule has 1 atom stereocenters. The lowest BCUT2D eigenvalue weighted by molar-refractivity contribution is 0.259. The molecule has 1 N–H and O–H groups in total. The summed E-state index contributed by atoms with van der Waals surface area (Å²) in [7, 11) is 0. The molecule has 1 heteroatoms. The Hall–Kier alpha value is -0.0400. The van der Waals surface area contributed by atoms with Crippen molar-refractivity contribution in [3.63, 3.8) is 0 Å². The van der Waals surface area contributed by atoms with Gasteiger partial charge in [-0.2, -0.15) is 0 Å². The van der Waals surface area contributed by atoms with E-state index in [0.717, 1.165) is 17.8 Å². The maximum atomic E-state index is 3.67. The zero-order valence-electron chi connectivity index (χ0n) is 11.6. The van der Waals surface area contributed by atoms with Crippen molar-refractivity contribution in [2.75, 3.05) is 13.1 Å². The minimum Gasteiger partial charge on any atom is -0.316 e. The monoisotopic (exact) mass is 225 g/mol. The first-order valence-electron chi connectivity index (χ1n) is 7.46. The Balaban J connectivity index is 2.02. The van der Waals surface area contributed by atoms with Crippen molar-refractivity contribution in [1.82, 2.24) is 5.32 Å². The molecule has 1 unspecified atom stereocenters. The fourth-order valence-corrected chi connectivity index (χ4v) is 2.97. The highest BCUT2D eigenvalue weighted by molar-refractivity contribution is 4.73. The summed E-state index contributed by atoms with van der Waals surface area (Å²) in [6.07, 6.45) is 9.98. The van der Waals surface area contributed by atoms with Crippen LogP contribution in [0.4, 0.5) is 0 Å². The van der Waals surface area contributed by atoms with E-state index in [1.807, 2.05) is 0 Å². The van der Waals surface area contributed by atoms with Gasteiger partial charge in [0.05, 0.1) is 0 Å². The Morgan fingerprint density at radius 3 is 2.25 bits per heavy atom. The summed E-state index contributed by atoms with van der Waals surface area (Å²) < 4.78 is 0. The van der Waals surface area contributed by atoms with Crippen LogP contribution in [0.3, 0.4) is 0 Å². The zero-order chi connectivity index (χ0) is 11.8. The van der Waals surface area contributed by atoms with Gasteiger partial charge in [0, 0.05) is 0 Å². The van der Waals surface area contributed by atoms with Crippen LogP contribution in [-0.4, -0.2) is 13.1 Å². The Labute approximate surface area is 102 Å². The molecule has 0 bridgehead atoms. The van der Waals surface area contributed by atoms with Gasteiger partial charge in [-0.3, -0.25) is 0 Å². The molecule has 0 aliphatic heterocycles. The van der Waals surface area contributed by atoms with Crippen LogP contribution in [0.1, 0.15) is 65.7 Å². The predicted octanol–water partition coefficient (Wildman–Crippen LogP) is 4.23. The second kappa shape index (κ2) is 8.11. The first kappa shape index (κ1) is 14.0. The summed E-state index contributed by atoms with van der Waals surface area (Å²) in [5.74, 6) is 2.86. The summed E-state index contributed by atoms with van der Waals surface area (Å²) in [4.78, 5) is 0. The van der Waals surface area contributed by atoms with Crippen molar-refractivity contribution in [3.8, 4) is 0 Å². The van der Waals surface area contributed by atoms with E-state index >= 15 is 0 Å². The minimum absolute atomic E-state index is 0.858. The first-order chi connectivity index (χ1) is 7.76. The van der Waals surface area contributed by atoms with Gasteiger partial charge in [0.1, 0.15) is 0 Å². The number of rotatable bonds is 7. The molecule has 0 heterocycles. The van der Waals surface area contributed by atoms with Crippen molar-refractivity contribution in [3.05, 3.63) is 0 Å². The lowest BCUT2D eigenvalue weighted by Gasteiger charge is -2.28. The van der Waals surface area contributed by atoms with Gasteiger partial charge in [-0.15, -0.1) is 0 Å². The highest BCUT2D eigenvalue weighted by atomic mass is 14.9. The Morgan fingerprint density at radius 1 is 1.06 bits per heavy atom. The number of hydrogen-bond donors (Lipinski definition) is 1. The van der Waals surface area contributed by atoms with Crippen molar-refractivity contribution < 1.29 is 0 Å². The maximum Gasteiger partial charge on any atom is -0.00204 e. The van der Waals surface area contributed by atoms with Gasteiger partial charge >= 0.3 is 0 Å². The van der Waals surface area contributed by atoms with Crippen LogP contribution in [0.5, 0.6) is 0 Å². The molecule has 0 aromatic heterocycles. The summed E-state index contributed by atoms with van der Waals surface area (Å²) in [5, 5.41) is 3.67. The van der Waals surface area contributed by atoms with Crippen LogP contribution in [-0.2, 0) is 0 Å². The molecule has 0 aromatic rings. The number of hydrogen-bond acceptors (Lipinski definition) is 1. The molecule has 1 rings (SSSR count). The molecule has 0 radical (unpaired) electrons. The zero-order valence-corrected chi connectivity index (χ0v) is 11.6. The van der Waals surface area contributed by atoms with E-state index in [0.29, 0.717) is 0 Å². The van der Waals surface area contributed by atoms with Crippen LogP contribution < -0.4 is 5.32 Å². The van der Waals surface area contributed by atoms with Crippen molar-refractivity contribution in [1.29, 1.82) is 0 Å². The van der Waals surface area contributed by atoms with Gasteiger partial charge in [-0.1, -0.05) is 46.5 Å². The molecular weight excluding hydrogens is 194 g/mol. The van der Waals surface area contributed by atoms with Gasteiger partial charge in [0.15, 0.2) is 0 Å². The van der Waals surface area contributed by atoms with E-state index in [4.69, 9.17) is 0 Å². The molecule has 1 nitrogen and oxygen atoms in total. The molecule has 1 aliphatic carbocycles.